The largest absolute Gasteiger partial charge is 0.457 e. The zero-order valence-electron chi connectivity index (χ0n) is 30.2. The van der Waals surface area contributed by atoms with Crippen LogP contribution < -0.4 is 10.1 Å². The summed E-state index contributed by atoms with van der Waals surface area (Å²) in [5.41, 5.74) is 6.72. The van der Waals surface area contributed by atoms with E-state index < -0.39 is 0 Å². The monoisotopic (exact) mass is 696 g/mol. The predicted molar refractivity (Wildman–Crippen MR) is 213 cm³/mol. The Hall–Kier alpha value is -4.64. The van der Waals surface area contributed by atoms with Gasteiger partial charge in [0.2, 0.25) is 0 Å². The molecule has 2 fully saturated rings. The average Bonchev–Trinajstić information content (AvgIpc) is 3.56. The smallest absolute Gasteiger partial charge is 0.131 e. The number of hydrogen-bond donors (Lipinski definition) is 1. The zero-order chi connectivity index (χ0) is 34.9. The molecule has 5 aliphatic carbocycles. The molecule has 4 heteroatoms. The van der Waals surface area contributed by atoms with Crippen molar-refractivity contribution < 1.29 is 9.47 Å². The molecule has 0 bridgehead atoms. The van der Waals surface area contributed by atoms with Crippen LogP contribution in [0.1, 0.15) is 48.3 Å². The van der Waals surface area contributed by atoms with Crippen LogP contribution in [0.2, 0.25) is 0 Å². The molecule has 2 saturated heterocycles. The maximum atomic E-state index is 7.11. The lowest BCUT2D eigenvalue weighted by molar-refractivity contribution is -0.115. The van der Waals surface area contributed by atoms with Gasteiger partial charge in [-0.2, -0.15) is 0 Å². The standard InChI is InChI=1S/C49H48N2O2/c1-2-13-33(14-3-1)51-41-20-7-4-15-35(41)36-26-24-31(29-42(36)51)34-18-12-23-45-48(34)49(38-17-6-9-22-44(38)52-45)47-37-16-5-8-21-43(37)53-46-30-32(25-27-39(46)47)40-19-10-11-28-50-40/h1-2,4-13,15-18,20-27,29,32,35-37,39-43,46-47,49-50H,3,14,19,28,30H2. The summed E-state index contributed by atoms with van der Waals surface area (Å²) in [5, 5.41) is 3.78. The second-order valence-electron chi connectivity index (χ2n) is 16.4. The quantitative estimate of drug-likeness (QED) is 0.323. The Balaban J connectivity index is 1.04. The number of nitrogens with one attached hydrogen (secondary N) is 1. The van der Waals surface area contributed by atoms with Crippen LogP contribution in [0, 0.1) is 35.5 Å². The highest BCUT2D eigenvalue weighted by Gasteiger charge is 2.52. The van der Waals surface area contributed by atoms with E-state index in [9.17, 15) is 0 Å². The first-order chi connectivity index (χ1) is 26.3. The minimum absolute atomic E-state index is 0.0621. The number of fused-ring (bicyclic) bond motifs is 7. The van der Waals surface area contributed by atoms with E-state index in [0.29, 0.717) is 47.7 Å². The molecule has 0 spiro atoms. The molecule has 12 unspecified atom stereocenters. The Labute approximate surface area is 314 Å². The van der Waals surface area contributed by atoms with Crippen molar-refractivity contribution in [3.63, 3.8) is 0 Å². The first-order valence-electron chi connectivity index (χ1n) is 20.2. The van der Waals surface area contributed by atoms with Gasteiger partial charge in [-0.25, -0.2) is 0 Å². The fraction of sp³-hybridized carbons (Fsp3) is 0.347. The summed E-state index contributed by atoms with van der Waals surface area (Å²) in [6.45, 7) is 0.955. The lowest BCUT2D eigenvalue weighted by atomic mass is 9.59. The van der Waals surface area contributed by atoms with Gasteiger partial charge >= 0.3 is 0 Å². The molecule has 4 aliphatic heterocycles. The number of rotatable bonds is 4. The van der Waals surface area contributed by atoms with Crippen LogP contribution in [0.15, 0.2) is 158 Å². The lowest BCUT2D eigenvalue weighted by Crippen LogP contribution is -2.52. The van der Waals surface area contributed by atoms with Gasteiger partial charge in [0.05, 0.1) is 24.3 Å². The van der Waals surface area contributed by atoms with Crippen molar-refractivity contribution in [2.24, 2.45) is 35.5 Å². The van der Waals surface area contributed by atoms with E-state index in [2.05, 4.69) is 162 Å². The summed E-state index contributed by atoms with van der Waals surface area (Å²) in [5.74, 6) is 4.37. The van der Waals surface area contributed by atoms with Crippen LogP contribution in [0.25, 0.3) is 5.57 Å². The molecule has 53 heavy (non-hydrogen) atoms. The van der Waals surface area contributed by atoms with Gasteiger partial charge < -0.3 is 19.7 Å². The highest BCUT2D eigenvalue weighted by atomic mass is 16.5. The maximum Gasteiger partial charge on any atom is 0.131 e. The van der Waals surface area contributed by atoms with Crippen LogP contribution >= 0.6 is 0 Å². The Bertz CT molecular complexity index is 2110. The summed E-state index contributed by atoms with van der Waals surface area (Å²) in [6, 6.07) is 16.8. The van der Waals surface area contributed by atoms with Crippen LogP contribution in [-0.2, 0) is 4.74 Å². The van der Waals surface area contributed by atoms with Crippen molar-refractivity contribution in [1.82, 2.24) is 10.2 Å². The van der Waals surface area contributed by atoms with E-state index in [0.717, 1.165) is 43.7 Å². The zero-order valence-corrected chi connectivity index (χ0v) is 30.2. The molecule has 0 saturated carbocycles. The average molecular weight is 697 g/mol. The normalized spacial score (nSPS) is 38.2. The SMILES string of the molecule is C1=CCCC(N2C3C=CC=CC3C3C=CC(c4cccc5c4C(C4C6C=CC=CC6OC6CC(C7CC=CCN7)C=CC64)c4ccccc4O5)=CC32)=C1. The molecule has 0 radical (unpaired) electrons. The third-order valence-electron chi connectivity index (χ3n) is 13.8. The molecule has 2 aromatic rings. The van der Waals surface area contributed by atoms with Crippen LogP contribution in [0.3, 0.4) is 0 Å². The van der Waals surface area contributed by atoms with Crippen LogP contribution in [-0.4, -0.2) is 41.8 Å². The number of para-hydroxylation sites is 1. The van der Waals surface area contributed by atoms with E-state index >= 15 is 0 Å². The molecule has 11 rings (SSSR count). The summed E-state index contributed by atoms with van der Waals surface area (Å²) < 4.78 is 14.0. The van der Waals surface area contributed by atoms with Gasteiger partial charge in [0.25, 0.3) is 0 Å². The first-order valence-corrected chi connectivity index (χ1v) is 20.2. The van der Waals surface area contributed by atoms with Gasteiger partial charge in [0.15, 0.2) is 0 Å². The Morgan fingerprint density at radius 2 is 1.58 bits per heavy atom. The Kier molecular flexibility index (Phi) is 7.83. The molecule has 266 valence electrons. The fourth-order valence-electron chi connectivity index (χ4n) is 11.5. The molecule has 12 atom stereocenters. The van der Waals surface area contributed by atoms with Crippen molar-refractivity contribution in [3.05, 3.63) is 174 Å². The Morgan fingerprint density at radius 3 is 2.49 bits per heavy atom. The van der Waals surface area contributed by atoms with Crippen molar-refractivity contribution in [2.75, 3.05) is 6.54 Å². The number of likely N-dealkylation sites (tertiary alicyclic amines) is 1. The van der Waals surface area contributed by atoms with Gasteiger partial charge in [-0.05, 0) is 66.9 Å². The molecule has 9 aliphatic rings. The van der Waals surface area contributed by atoms with Gasteiger partial charge in [-0.3, -0.25) is 0 Å². The van der Waals surface area contributed by atoms with Crippen LogP contribution in [0.5, 0.6) is 11.5 Å². The van der Waals surface area contributed by atoms with E-state index in [4.69, 9.17) is 9.47 Å². The highest BCUT2D eigenvalue weighted by Crippen LogP contribution is 2.58. The first kappa shape index (κ1) is 31.8. The summed E-state index contributed by atoms with van der Waals surface area (Å²) in [4.78, 5) is 2.74. The van der Waals surface area contributed by atoms with Gasteiger partial charge in [0.1, 0.15) is 11.5 Å². The van der Waals surface area contributed by atoms with E-state index in [1.165, 1.54) is 28.0 Å². The van der Waals surface area contributed by atoms with E-state index in [1.54, 1.807) is 0 Å². The number of benzene rings is 2. The summed E-state index contributed by atoms with van der Waals surface area (Å²) >= 11 is 0. The molecule has 0 amide bonds. The van der Waals surface area contributed by atoms with Crippen molar-refractivity contribution in [2.45, 2.75) is 61.9 Å². The fourth-order valence-corrected chi connectivity index (χ4v) is 11.5. The molecule has 2 aromatic carbocycles. The van der Waals surface area contributed by atoms with Gasteiger partial charge in [-0.15, -0.1) is 0 Å². The number of ether oxygens (including phenoxy) is 2. The minimum Gasteiger partial charge on any atom is -0.457 e. The molecule has 1 N–H and O–H groups in total. The lowest BCUT2D eigenvalue weighted by Gasteiger charge is -2.52. The molecular weight excluding hydrogens is 649 g/mol. The molecule has 4 nitrogen and oxygen atoms in total. The number of nitrogens with zero attached hydrogens (tertiary/aromatic N) is 1. The van der Waals surface area contributed by atoms with E-state index in [1.807, 2.05) is 0 Å². The molecule has 4 heterocycles. The number of allylic oxidation sites excluding steroid dienone is 10. The van der Waals surface area contributed by atoms with E-state index in [-0.39, 0.29) is 24.0 Å². The van der Waals surface area contributed by atoms with Gasteiger partial charge in [-0.1, -0.05) is 134 Å². The van der Waals surface area contributed by atoms with Gasteiger partial charge in [0, 0.05) is 59.0 Å². The minimum atomic E-state index is 0.0621. The Morgan fingerprint density at radius 1 is 0.717 bits per heavy atom. The number of hydrogen-bond acceptors (Lipinski definition) is 4. The highest BCUT2D eigenvalue weighted by molar-refractivity contribution is 5.81. The summed E-state index contributed by atoms with van der Waals surface area (Å²) in [6.07, 6.45) is 47.3. The molecular formula is C49H48N2O2. The predicted octanol–water partition coefficient (Wildman–Crippen LogP) is 9.76. The van der Waals surface area contributed by atoms with Crippen LogP contribution in [0.4, 0.5) is 0 Å². The van der Waals surface area contributed by atoms with Crippen molar-refractivity contribution in [3.8, 4) is 11.5 Å². The molecule has 0 aromatic heterocycles. The third kappa shape index (κ3) is 5.24. The van der Waals surface area contributed by atoms with Crippen molar-refractivity contribution >= 4 is 5.57 Å². The maximum absolute atomic E-state index is 7.11. The summed E-state index contributed by atoms with van der Waals surface area (Å²) in [7, 11) is 0. The second kappa shape index (κ2) is 13.0. The second-order valence-corrected chi connectivity index (χ2v) is 16.4. The van der Waals surface area contributed by atoms with Crippen molar-refractivity contribution in [1.29, 1.82) is 0 Å². The topological polar surface area (TPSA) is 33.7 Å². The third-order valence-corrected chi connectivity index (χ3v) is 13.8.